The highest BCUT2D eigenvalue weighted by Crippen LogP contribution is 2.49. The van der Waals surface area contributed by atoms with Gasteiger partial charge in [0, 0.05) is 32.8 Å². The first-order valence-corrected chi connectivity index (χ1v) is 7.23. The molecule has 0 radical (unpaired) electrons. The molecule has 1 aliphatic heterocycles. The summed E-state index contributed by atoms with van der Waals surface area (Å²) in [6, 6.07) is 0.729. The van der Waals surface area contributed by atoms with E-state index in [0.29, 0.717) is 5.41 Å². The first-order chi connectivity index (χ1) is 8.28. The molecule has 100 valence electrons. The van der Waals surface area contributed by atoms with Crippen molar-refractivity contribution in [2.75, 3.05) is 39.9 Å². The van der Waals surface area contributed by atoms with Crippen LogP contribution in [0.15, 0.2) is 0 Å². The molecule has 0 amide bonds. The van der Waals surface area contributed by atoms with Crippen molar-refractivity contribution in [1.82, 2.24) is 10.2 Å². The summed E-state index contributed by atoms with van der Waals surface area (Å²) in [5, 5.41) is 3.60. The lowest BCUT2D eigenvalue weighted by atomic mass is 9.99. The van der Waals surface area contributed by atoms with Gasteiger partial charge >= 0.3 is 0 Å². The van der Waals surface area contributed by atoms with Crippen LogP contribution in [0.1, 0.15) is 39.0 Å². The number of rotatable bonds is 7. The average Bonchev–Trinajstić information content (AvgIpc) is 3.08. The van der Waals surface area contributed by atoms with Crippen molar-refractivity contribution in [3.63, 3.8) is 0 Å². The van der Waals surface area contributed by atoms with Gasteiger partial charge in [-0.15, -0.1) is 0 Å². The summed E-state index contributed by atoms with van der Waals surface area (Å²) in [6.07, 6.45) is 6.80. The molecule has 0 aromatic rings. The third-order valence-electron chi connectivity index (χ3n) is 4.35. The molecule has 1 aliphatic carbocycles. The maximum absolute atomic E-state index is 5.24. The normalized spacial score (nSPS) is 28.2. The zero-order valence-electron chi connectivity index (χ0n) is 11.5. The van der Waals surface area contributed by atoms with Gasteiger partial charge < -0.3 is 15.0 Å². The molecule has 1 unspecified atom stereocenters. The minimum Gasteiger partial charge on any atom is -0.385 e. The lowest BCUT2D eigenvalue weighted by Crippen LogP contribution is -2.47. The summed E-state index contributed by atoms with van der Waals surface area (Å²) >= 11 is 0. The van der Waals surface area contributed by atoms with E-state index in [0.717, 1.165) is 19.2 Å². The van der Waals surface area contributed by atoms with Gasteiger partial charge in [-0.2, -0.15) is 0 Å². The monoisotopic (exact) mass is 240 g/mol. The van der Waals surface area contributed by atoms with Gasteiger partial charge in [0.1, 0.15) is 0 Å². The van der Waals surface area contributed by atoms with Crippen molar-refractivity contribution in [3.8, 4) is 0 Å². The van der Waals surface area contributed by atoms with Crippen LogP contribution in [0.5, 0.6) is 0 Å². The van der Waals surface area contributed by atoms with Crippen molar-refractivity contribution in [3.05, 3.63) is 0 Å². The fourth-order valence-corrected chi connectivity index (χ4v) is 3.11. The molecule has 3 nitrogen and oxygen atoms in total. The van der Waals surface area contributed by atoms with Gasteiger partial charge in [0.25, 0.3) is 0 Å². The third kappa shape index (κ3) is 3.94. The van der Waals surface area contributed by atoms with Gasteiger partial charge in [0.2, 0.25) is 0 Å². The molecule has 2 rings (SSSR count). The first-order valence-electron chi connectivity index (χ1n) is 7.23. The molecular weight excluding hydrogens is 212 g/mol. The fourth-order valence-electron chi connectivity index (χ4n) is 3.11. The molecule has 0 aromatic heterocycles. The number of piperidine rings is 1. The molecule has 1 N–H and O–H groups in total. The molecule has 0 aromatic carbocycles. The van der Waals surface area contributed by atoms with E-state index < -0.39 is 0 Å². The van der Waals surface area contributed by atoms with Gasteiger partial charge in [-0.05, 0) is 50.6 Å². The second-order valence-corrected chi connectivity index (χ2v) is 5.87. The Kier molecular flexibility index (Phi) is 4.83. The topological polar surface area (TPSA) is 24.5 Å². The van der Waals surface area contributed by atoms with Crippen LogP contribution in [0, 0.1) is 5.41 Å². The third-order valence-corrected chi connectivity index (χ3v) is 4.35. The highest BCUT2D eigenvalue weighted by Gasteiger charge is 2.43. The van der Waals surface area contributed by atoms with E-state index >= 15 is 0 Å². The molecule has 0 bridgehead atoms. The van der Waals surface area contributed by atoms with Crippen molar-refractivity contribution in [2.45, 2.75) is 45.1 Å². The maximum atomic E-state index is 5.24. The van der Waals surface area contributed by atoms with E-state index in [-0.39, 0.29) is 0 Å². The second kappa shape index (κ2) is 6.17. The smallest absolute Gasteiger partial charge is 0.0468 e. The molecule has 2 aliphatic rings. The largest absolute Gasteiger partial charge is 0.385 e. The van der Waals surface area contributed by atoms with Gasteiger partial charge in [-0.3, -0.25) is 0 Å². The zero-order chi connectivity index (χ0) is 12.1. The highest BCUT2D eigenvalue weighted by molar-refractivity contribution is 4.96. The quantitative estimate of drug-likeness (QED) is 0.735. The van der Waals surface area contributed by atoms with Crippen LogP contribution in [0.4, 0.5) is 0 Å². The second-order valence-electron chi connectivity index (χ2n) is 5.87. The van der Waals surface area contributed by atoms with Crippen molar-refractivity contribution in [2.24, 2.45) is 5.41 Å². The summed E-state index contributed by atoms with van der Waals surface area (Å²) < 4.78 is 5.24. The molecule has 1 atom stereocenters. The number of methoxy groups -OCH3 is 1. The summed E-state index contributed by atoms with van der Waals surface area (Å²) in [5.41, 5.74) is 0.615. The zero-order valence-corrected chi connectivity index (χ0v) is 11.5. The average molecular weight is 240 g/mol. The van der Waals surface area contributed by atoms with Crippen LogP contribution in [-0.4, -0.2) is 50.8 Å². The Labute approximate surface area is 106 Å². The van der Waals surface area contributed by atoms with Crippen LogP contribution in [-0.2, 0) is 4.74 Å². The number of likely N-dealkylation sites (N-methyl/N-ethyl adjacent to an activating group) is 1. The Morgan fingerprint density at radius 2 is 2.24 bits per heavy atom. The molecule has 0 spiro atoms. The number of hydrogen-bond donors (Lipinski definition) is 1. The van der Waals surface area contributed by atoms with E-state index in [2.05, 4.69) is 17.1 Å². The van der Waals surface area contributed by atoms with E-state index in [9.17, 15) is 0 Å². The minimum atomic E-state index is 0.615. The molecule has 1 saturated heterocycles. The number of nitrogens with one attached hydrogen (secondary N) is 1. The summed E-state index contributed by atoms with van der Waals surface area (Å²) in [4.78, 5) is 2.68. The first kappa shape index (κ1) is 13.3. The van der Waals surface area contributed by atoms with Crippen LogP contribution in [0.3, 0.4) is 0 Å². The Balaban J connectivity index is 1.74. The van der Waals surface area contributed by atoms with Crippen LogP contribution in [0.25, 0.3) is 0 Å². The highest BCUT2D eigenvalue weighted by atomic mass is 16.5. The van der Waals surface area contributed by atoms with Crippen LogP contribution in [0.2, 0.25) is 0 Å². The summed E-state index contributed by atoms with van der Waals surface area (Å²) in [5.74, 6) is 0. The number of likely N-dealkylation sites (tertiary alicyclic amines) is 1. The molecule has 17 heavy (non-hydrogen) atoms. The molecule has 2 fully saturated rings. The molecular formula is C14H28N2O. The van der Waals surface area contributed by atoms with Crippen molar-refractivity contribution in [1.29, 1.82) is 0 Å². The summed E-state index contributed by atoms with van der Waals surface area (Å²) in [7, 11) is 1.82. The van der Waals surface area contributed by atoms with E-state index in [1.807, 2.05) is 7.11 Å². The number of nitrogens with zero attached hydrogens (tertiary/aromatic N) is 1. The van der Waals surface area contributed by atoms with E-state index in [4.69, 9.17) is 4.74 Å². The van der Waals surface area contributed by atoms with Crippen LogP contribution >= 0.6 is 0 Å². The summed E-state index contributed by atoms with van der Waals surface area (Å²) in [6.45, 7) is 8.11. The van der Waals surface area contributed by atoms with Gasteiger partial charge in [-0.25, -0.2) is 0 Å². The molecule has 1 saturated carbocycles. The SMILES string of the molecule is CCNC1CCCN(CC2(CCOC)CC2)C1. The Bertz CT molecular complexity index is 226. The molecule has 1 heterocycles. The van der Waals surface area contributed by atoms with E-state index in [1.54, 1.807) is 0 Å². The Morgan fingerprint density at radius 1 is 1.41 bits per heavy atom. The maximum Gasteiger partial charge on any atom is 0.0468 e. The van der Waals surface area contributed by atoms with Gasteiger partial charge in [-0.1, -0.05) is 6.92 Å². The van der Waals surface area contributed by atoms with E-state index in [1.165, 1.54) is 51.7 Å². The lowest BCUT2D eigenvalue weighted by molar-refractivity contribution is 0.126. The van der Waals surface area contributed by atoms with Crippen molar-refractivity contribution >= 4 is 0 Å². The van der Waals surface area contributed by atoms with Gasteiger partial charge in [0.05, 0.1) is 0 Å². The minimum absolute atomic E-state index is 0.615. The van der Waals surface area contributed by atoms with Crippen molar-refractivity contribution < 1.29 is 4.74 Å². The lowest BCUT2D eigenvalue weighted by Gasteiger charge is -2.35. The Hall–Kier alpha value is -0.120. The number of ether oxygens (including phenoxy) is 1. The van der Waals surface area contributed by atoms with Gasteiger partial charge in [0.15, 0.2) is 0 Å². The number of hydrogen-bond acceptors (Lipinski definition) is 3. The fraction of sp³-hybridized carbons (Fsp3) is 1.00. The molecule has 3 heteroatoms. The predicted molar refractivity (Wildman–Crippen MR) is 71.3 cm³/mol. The predicted octanol–water partition coefficient (Wildman–Crippen LogP) is 1.88. The standard InChI is InChI=1S/C14H28N2O/c1-3-15-13-5-4-9-16(11-13)12-14(6-7-14)8-10-17-2/h13,15H,3-12H2,1-2H3. The van der Waals surface area contributed by atoms with Crippen LogP contribution < -0.4 is 5.32 Å². The Morgan fingerprint density at radius 3 is 2.88 bits per heavy atom.